The topological polar surface area (TPSA) is 52.0 Å². The number of hydrogen-bond acceptors (Lipinski definition) is 4. The van der Waals surface area contributed by atoms with Crippen molar-refractivity contribution in [3.63, 3.8) is 0 Å². The molecule has 1 aliphatic rings. The highest BCUT2D eigenvalue weighted by molar-refractivity contribution is 5.45. The second-order valence-electron chi connectivity index (χ2n) is 5.11. The van der Waals surface area contributed by atoms with E-state index in [-0.39, 0.29) is 0 Å². The minimum Gasteiger partial charge on any atom is -0.355 e. The Kier molecular flexibility index (Phi) is 5.17. The molecule has 1 N–H and O–H groups in total. The smallest absolute Gasteiger partial charge is 0.129 e. The maximum atomic E-state index is 8.99. The zero-order valence-corrected chi connectivity index (χ0v) is 11.6. The summed E-state index contributed by atoms with van der Waals surface area (Å²) in [5.74, 6) is 0.924. The van der Waals surface area contributed by atoms with E-state index in [1.165, 1.54) is 19.3 Å². The number of nitrogens with zero attached hydrogens (tertiary/aromatic N) is 3. The lowest BCUT2D eigenvalue weighted by Crippen LogP contribution is -2.44. The van der Waals surface area contributed by atoms with Crippen LogP contribution in [0, 0.1) is 11.3 Å². The van der Waals surface area contributed by atoms with Gasteiger partial charge in [-0.15, -0.1) is 0 Å². The Labute approximate surface area is 115 Å². The summed E-state index contributed by atoms with van der Waals surface area (Å²) in [6.07, 6.45) is 6.64. The number of hydrogen-bond donors (Lipinski definition) is 1. The largest absolute Gasteiger partial charge is 0.355 e. The van der Waals surface area contributed by atoms with Crippen molar-refractivity contribution in [3.8, 4) is 6.07 Å². The van der Waals surface area contributed by atoms with E-state index in [4.69, 9.17) is 5.26 Å². The minimum atomic E-state index is 0.549. The molecule has 1 unspecified atom stereocenters. The van der Waals surface area contributed by atoms with E-state index >= 15 is 0 Å². The van der Waals surface area contributed by atoms with Crippen LogP contribution in [0.25, 0.3) is 0 Å². The van der Waals surface area contributed by atoms with Gasteiger partial charge in [-0.3, -0.25) is 0 Å². The van der Waals surface area contributed by atoms with E-state index < -0.39 is 0 Å². The summed E-state index contributed by atoms with van der Waals surface area (Å²) in [5, 5.41) is 12.6. The van der Waals surface area contributed by atoms with Crippen molar-refractivity contribution < 1.29 is 0 Å². The molecule has 0 spiro atoms. The van der Waals surface area contributed by atoms with Crippen LogP contribution in [0.3, 0.4) is 0 Å². The van der Waals surface area contributed by atoms with Gasteiger partial charge < -0.3 is 10.2 Å². The molecule has 2 heterocycles. The zero-order valence-electron chi connectivity index (χ0n) is 11.6. The summed E-state index contributed by atoms with van der Waals surface area (Å²) in [6, 6.07) is 6.38. The maximum absolute atomic E-state index is 8.99. The number of nitrogens with one attached hydrogen (secondary N) is 1. The van der Waals surface area contributed by atoms with Crippen LogP contribution in [0.5, 0.6) is 0 Å². The number of pyridine rings is 1. The first kappa shape index (κ1) is 13.8. The summed E-state index contributed by atoms with van der Waals surface area (Å²) in [5.41, 5.74) is 0.683. The average molecular weight is 258 g/mol. The van der Waals surface area contributed by atoms with Gasteiger partial charge in [-0.1, -0.05) is 13.3 Å². The Morgan fingerprint density at radius 1 is 1.53 bits per heavy atom. The van der Waals surface area contributed by atoms with Gasteiger partial charge in [0.15, 0.2) is 0 Å². The normalized spacial score (nSPS) is 18.8. The van der Waals surface area contributed by atoms with E-state index in [0.29, 0.717) is 11.6 Å². The van der Waals surface area contributed by atoms with Crippen molar-refractivity contribution in [2.45, 2.75) is 38.6 Å². The Balaban J connectivity index is 2.07. The van der Waals surface area contributed by atoms with Crippen molar-refractivity contribution in [2.24, 2.45) is 0 Å². The standard InChI is InChI=1S/C15H22N4/c1-2-9-19(12-14-5-3-4-7-17-14)15-10-13(11-16)6-8-18-15/h6,8,10,14,17H,2-5,7,9,12H2,1H3. The highest BCUT2D eigenvalue weighted by Gasteiger charge is 2.17. The molecule has 102 valence electrons. The van der Waals surface area contributed by atoms with E-state index in [1.54, 1.807) is 12.3 Å². The Hall–Kier alpha value is -1.60. The minimum absolute atomic E-state index is 0.549. The lowest BCUT2D eigenvalue weighted by molar-refractivity contribution is 0.398. The summed E-state index contributed by atoms with van der Waals surface area (Å²) < 4.78 is 0. The van der Waals surface area contributed by atoms with Gasteiger partial charge >= 0.3 is 0 Å². The summed E-state index contributed by atoms with van der Waals surface area (Å²) in [4.78, 5) is 6.71. The molecule has 0 radical (unpaired) electrons. The highest BCUT2D eigenvalue weighted by atomic mass is 15.2. The molecule has 0 aliphatic carbocycles. The van der Waals surface area contributed by atoms with Crippen LogP contribution in [0.2, 0.25) is 0 Å². The van der Waals surface area contributed by atoms with Crippen molar-refractivity contribution in [2.75, 3.05) is 24.5 Å². The van der Waals surface area contributed by atoms with Crippen molar-refractivity contribution >= 4 is 5.82 Å². The van der Waals surface area contributed by atoms with Gasteiger partial charge in [0.05, 0.1) is 11.6 Å². The molecule has 2 rings (SSSR count). The molecule has 4 heteroatoms. The molecular weight excluding hydrogens is 236 g/mol. The first-order chi connectivity index (χ1) is 9.33. The van der Waals surface area contributed by atoms with Crippen LogP contribution in [0.4, 0.5) is 5.82 Å². The number of nitriles is 1. The predicted molar refractivity (Wildman–Crippen MR) is 77.1 cm³/mol. The van der Waals surface area contributed by atoms with Gasteiger partial charge in [-0.05, 0) is 37.9 Å². The van der Waals surface area contributed by atoms with Crippen LogP contribution < -0.4 is 10.2 Å². The SMILES string of the molecule is CCCN(CC1CCCCN1)c1cc(C#N)ccn1. The predicted octanol–water partition coefficient (Wildman–Crippen LogP) is 2.31. The van der Waals surface area contributed by atoms with Crippen molar-refractivity contribution in [1.29, 1.82) is 5.26 Å². The Morgan fingerprint density at radius 3 is 3.11 bits per heavy atom. The van der Waals surface area contributed by atoms with Gasteiger partial charge in [0.1, 0.15) is 5.82 Å². The highest BCUT2D eigenvalue weighted by Crippen LogP contribution is 2.16. The fourth-order valence-corrected chi connectivity index (χ4v) is 2.58. The molecular formula is C15H22N4. The van der Waals surface area contributed by atoms with E-state index in [2.05, 4.69) is 28.2 Å². The molecule has 1 aromatic heterocycles. The maximum Gasteiger partial charge on any atom is 0.129 e. The third-order valence-corrected chi connectivity index (χ3v) is 3.55. The Morgan fingerprint density at radius 2 is 2.42 bits per heavy atom. The van der Waals surface area contributed by atoms with Crippen LogP contribution in [-0.2, 0) is 0 Å². The second kappa shape index (κ2) is 7.10. The first-order valence-corrected chi connectivity index (χ1v) is 7.18. The van der Waals surface area contributed by atoms with Crippen LogP contribution in [-0.4, -0.2) is 30.7 Å². The number of aromatic nitrogens is 1. The third kappa shape index (κ3) is 3.93. The fourth-order valence-electron chi connectivity index (χ4n) is 2.58. The molecule has 1 atom stereocenters. The van der Waals surface area contributed by atoms with E-state index in [0.717, 1.165) is 31.9 Å². The molecule has 1 fully saturated rings. The van der Waals surface area contributed by atoms with Gasteiger partial charge in [0.2, 0.25) is 0 Å². The van der Waals surface area contributed by atoms with Crippen LogP contribution in [0.1, 0.15) is 38.2 Å². The van der Waals surface area contributed by atoms with Gasteiger partial charge in [-0.25, -0.2) is 4.98 Å². The van der Waals surface area contributed by atoms with Gasteiger partial charge in [0.25, 0.3) is 0 Å². The van der Waals surface area contributed by atoms with E-state index in [9.17, 15) is 0 Å². The Bertz CT molecular complexity index is 432. The third-order valence-electron chi connectivity index (χ3n) is 3.55. The zero-order chi connectivity index (χ0) is 13.5. The van der Waals surface area contributed by atoms with Crippen LogP contribution >= 0.6 is 0 Å². The lowest BCUT2D eigenvalue weighted by Gasteiger charge is -2.31. The summed E-state index contributed by atoms with van der Waals surface area (Å²) in [6.45, 7) is 5.27. The second-order valence-corrected chi connectivity index (χ2v) is 5.11. The van der Waals surface area contributed by atoms with Gasteiger partial charge in [0, 0.05) is 25.3 Å². The lowest BCUT2D eigenvalue weighted by atomic mass is 10.0. The molecule has 4 nitrogen and oxygen atoms in total. The molecule has 1 aliphatic heterocycles. The first-order valence-electron chi connectivity index (χ1n) is 7.18. The summed E-state index contributed by atoms with van der Waals surface area (Å²) >= 11 is 0. The molecule has 1 aromatic rings. The molecule has 0 saturated carbocycles. The number of rotatable bonds is 5. The monoisotopic (exact) mass is 258 g/mol. The molecule has 0 aromatic carbocycles. The average Bonchev–Trinajstić information content (AvgIpc) is 2.48. The molecule has 0 bridgehead atoms. The number of anilines is 1. The quantitative estimate of drug-likeness (QED) is 0.880. The molecule has 19 heavy (non-hydrogen) atoms. The van der Waals surface area contributed by atoms with Crippen molar-refractivity contribution in [3.05, 3.63) is 23.9 Å². The molecule has 0 amide bonds. The fraction of sp³-hybridized carbons (Fsp3) is 0.600. The van der Waals surface area contributed by atoms with Gasteiger partial charge in [-0.2, -0.15) is 5.26 Å². The van der Waals surface area contributed by atoms with Crippen LogP contribution in [0.15, 0.2) is 18.3 Å². The van der Waals surface area contributed by atoms with Crippen molar-refractivity contribution in [1.82, 2.24) is 10.3 Å². The van der Waals surface area contributed by atoms with E-state index in [1.807, 2.05) is 6.07 Å². The summed E-state index contributed by atoms with van der Waals surface area (Å²) in [7, 11) is 0. The molecule has 1 saturated heterocycles. The number of piperidine rings is 1.